The quantitative estimate of drug-likeness (QED) is 0.737. The predicted octanol–water partition coefficient (Wildman–Crippen LogP) is 1.29. The zero-order valence-electron chi connectivity index (χ0n) is 9.21. The first-order valence-electron chi connectivity index (χ1n) is 5.34. The van der Waals surface area contributed by atoms with E-state index in [2.05, 4.69) is 5.43 Å². The summed E-state index contributed by atoms with van der Waals surface area (Å²) in [7, 11) is 0. The minimum Gasteiger partial charge on any atom is -0.362 e. The average Bonchev–Trinajstić information content (AvgIpc) is 3.00. The maximum absolute atomic E-state index is 12.8. The molecule has 4 nitrogen and oxygen atoms in total. The van der Waals surface area contributed by atoms with Gasteiger partial charge in [0, 0.05) is 18.0 Å². The number of hydrogen-bond acceptors (Lipinski definition) is 3. The van der Waals surface area contributed by atoms with Crippen LogP contribution in [0.2, 0.25) is 0 Å². The van der Waals surface area contributed by atoms with Crippen LogP contribution < -0.4 is 5.43 Å². The number of amides is 1. The highest BCUT2D eigenvalue weighted by Gasteiger charge is 2.64. The number of carbonyl (C=O) groups is 1. The van der Waals surface area contributed by atoms with Crippen LogP contribution in [0.25, 0.3) is 0 Å². The summed E-state index contributed by atoms with van der Waals surface area (Å²) in [5.41, 5.74) is -0.603. The fraction of sp³-hybridized carbons (Fsp3) is 0.700. The molecule has 2 rings (SSSR count). The molecule has 17 heavy (non-hydrogen) atoms. The monoisotopic (exact) mass is 250 g/mol. The van der Waals surface area contributed by atoms with Crippen LogP contribution in [0, 0.1) is 5.92 Å². The highest BCUT2D eigenvalue weighted by Crippen LogP contribution is 2.43. The minimum absolute atomic E-state index is 0.193. The third-order valence-corrected chi connectivity index (χ3v) is 3.01. The lowest BCUT2D eigenvalue weighted by Gasteiger charge is -2.33. The van der Waals surface area contributed by atoms with Crippen molar-refractivity contribution in [1.82, 2.24) is 10.4 Å². The molecule has 1 atom stereocenters. The number of allylic oxidation sites excluding steroid dienone is 1. The molecule has 1 saturated heterocycles. The lowest BCUT2D eigenvalue weighted by atomic mass is 10.1. The van der Waals surface area contributed by atoms with Gasteiger partial charge in [-0.3, -0.25) is 10.2 Å². The first-order valence-corrected chi connectivity index (χ1v) is 5.34. The Labute approximate surface area is 96.1 Å². The number of alkyl halides is 3. The number of nitrogens with one attached hydrogen (secondary N) is 1. The number of nitrogens with zero attached hydrogens (tertiary/aromatic N) is 1. The van der Waals surface area contributed by atoms with Crippen molar-refractivity contribution >= 4 is 5.91 Å². The predicted molar refractivity (Wildman–Crippen MR) is 52.1 cm³/mol. The third kappa shape index (κ3) is 1.88. The summed E-state index contributed by atoms with van der Waals surface area (Å²) in [4.78, 5) is 11.7. The molecule has 96 valence electrons. The van der Waals surface area contributed by atoms with Gasteiger partial charge in [0.2, 0.25) is 5.91 Å². The molecule has 0 radical (unpaired) electrons. The minimum atomic E-state index is -4.88. The van der Waals surface area contributed by atoms with Crippen LogP contribution in [0.5, 0.6) is 0 Å². The molecule has 0 bridgehead atoms. The van der Waals surface area contributed by atoms with Gasteiger partial charge in [0.1, 0.15) is 0 Å². The van der Waals surface area contributed by atoms with Gasteiger partial charge in [-0.25, -0.2) is 5.01 Å². The molecule has 0 aromatic rings. The van der Waals surface area contributed by atoms with Gasteiger partial charge in [-0.2, -0.15) is 13.2 Å². The molecule has 1 aliphatic carbocycles. The van der Waals surface area contributed by atoms with Gasteiger partial charge >= 0.3 is 6.18 Å². The molecule has 0 spiro atoms. The van der Waals surface area contributed by atoms with Gasteiger partial charge < -0.3 is 5.11 Å². The summed E-state index contributed by atoms with van der Waals surface area (Å²) in [5.74, 6) is -1.09. The zero-order valence-corrected chi connectivity index (χ0v) is 9.21. The Kier molecular flexibility index (Phi) is 2.61. The van der Waals surface area contributed by atoms with Crippen LogP contribution in [0.3, 0.4) is 0 Å². The lowest BCUT2D eigenvalue weighted by Crippen LogP contribution is -2.60. The second-order valence-electron chi connectivity index (χ2n) is 4.36. The molecule has 2 fully saturated rings. The first kappa shape index (κ1) is 12.2. The molecule has 2 aliphatic rings. The molecule has 0 aromatic carbocycles. The van der Waals surface area contributed by atoms with Crippen molar-refractivity contribution in [3.63, 3.8) is 0 Å². The van der Waals surface area contributed by atoms with Crippen molar-refractivity contribution in [2.45, 2.75) is 38.1 Å². The molecule has 1 saturated carbocycles. The highest BCUT2D eigenvalue weighted by atomic mass is 19.4. The maximum Gasteiger partial charge on any atom is 0.438 e. The van der Waals surface area contributed by atoms with Crippen molar-refractivity contribution in [3.8, 4) is 0 Å². The van der Waals surface area contributed by atoms with E-state index in [-0.39, 0.29) is 5.70 Å². The molecule has 0 aromatic heterocycles. The number of hydrazine groups is 1. The van der Waals surface area contributed by atoms with E-state index in [0.29, 0.717) is 17.9 Å². The number of carbonyl (C=O) groups excluding carboxylic acids is 1. The van der Waals surface area contributed by atoms with Gasteiger partial charge in [-0.05, 0) is 19.8 Å². The molecule has 1 unspecified atom stereocenters. The first-order chi connectivity index (χ1) is 7.79. The fourth-order valence-corrected chi connectivity index (χ4v) is 1.76. The van der Waals surface area contributed by atoms with E-state index in [0.717, 1.165) is 0 Å². The van der Waals surface area contributed by atoms with Gasteiger partial charge in [0.05, 0.1) is 0 Å². The summed E-state index contributed by atoms with van der Waals surface area (Å²) >= 11 is 0. The average molecular weight is 250 g/mol. The number of hydrogen-bond donors (Lipinski definition) is 2. The molecule has 1 aliphatic heterocycles. The van der Waals surface area contributed by atoms with E-state index >= 15 is 0 Å². The van der Waals surface area contributed by atoms with E-state index in [1.54, 1.807) is 6.92 Å². The largest absolute Gasteiger partial charge is 0.438 e. The summed E-state index contributed by atoms with van der Waals surface area (Å²) in [6.07, 6.45) is -2.95. The topological polar surface area (TPSA) is 52.6 Å². The van der Waals surface area contributed by atoms with Crippen molar-refractivity contribution < 1.29 is 23.1 Å². The van der Waals surface area contributed by atoms with Crippen LogP contribution in [-0.2, 0) is 4.79 Å². The van der Waals surface area contributed by atoms with Crippen LogP contribution in [0.15, 0.2) is 11.8 Å². The second kappa shape index (κ2) is 3.63. The summed E-state index contributed by atoms with van der Waals surface area (Å²) in [6.45, 7) is 1.55. The van der Waals surface area contributed by atoms with Crippen molar-refractivity contribution in [3.05, 3.63) is 11.8 Å². The lowest BCUT2D eigenvalue weighted by molar-refractivity contribution is -0.304. The molecular weight excluding hydrogens is 237 g/mol. The van der Waals surface area contributed by atoms with E-state index in [9.17, 15) is 23.1 Å². The third-order valence-electron chi connectivity index (χ3n) is 3.01. The Morgan fingerprint density at radius 1 is 1.59 bits per heavy atom. The van der Waals surface area contributed by atoms with Crippen molar-refractivity contribution in [1.29, 1.82) is 0 Å². The summed E-state index contributed by atoms with van der Waals surface area (Å²) in [5, 5.41) is 10.0. The molecule has 1 heterocycles. The normalized spacial score (nSPS) is 31.8. The molecular formula is C10H13F3N2O2. The van der Waals surface area contributed by atoms with Crippen molar-refractivity contribution in [2.24, 2.45) is 5.92 Å². The maximum atomic E-state index is 12.8. The second-order valence-corrected chi connectivity index (χ2v) is 4.36. The van der Waals surface area contributed by atoms with Gasteiger partial charge in [-0.1, -0.05) is 6.08 Å². The Morgan fingerprint density at radius 3 is 2.59 bits per heavy atom. The van der Waals surface area contributed by atoms with Crippen LogP contribution in [0.1, 0.15) is 26.2 Å². The summed E-state index contributed by atoms with van der Waals surface area (Å²) in [6, 6.07) is 0. The fourth-order valence-electron chi connectivity index (χ4n) is 1.76. The molecule has 1 amide bonds. The highest BCUT2D eigenvalue weighted by molar-refractivity contribution is 5.81. The number of halogens is 3. The van der Waals surface area contributed by atoms with E-state index in [1.165, 1.54) is 6.08 Å². The molecule has 7 heteroatoms. The van der Waals surface area contributed by atoms with Crippen LogP contribution in [0.4, 0.5) is 13.2 Å². The van der Waals surface area contributed by atoms with Crippen LogP contribution in [-0.4, -0.2) is 27.9 Å². The smallest absolute Gasteiger partial charge is 0.362 e. The Hall–Kier alpha value is -1.24. The number of aliphatic hydroxyl groups is 1. The Morgan fingerprint density at radius 2 is 2.18 bits per heavy atom. The number of rotatable bonds is 1. The zero-order chi connectivity index (χ0) is 12.8. The van der Waals surface area contributed by atoms with E-state index < -0.39 is 30.1 Å². The summed E-state index contributed by atoms with van der Waals surface area (Å²) < 4.78 is 38.5. The Balaban J connectivity index is 2.30. The van der Waals surface area contributed by atoms with Gasteiger partial charge in [0.25, 0.3) is 5.72 Å². The van der Waals surface area contributed by atoms with E-state index in [4.69, 9.17) is 0 Å². The van der Waals surface area contributed by atoms with Crippen molar-refractivity contribution in [2.75, 3.05) is 0 Å². The van der Waals surface area contributed by atoms with Gasteiger partial charge in [0.15, 0.2) is 0 Å². The van der Waals surface area contributed by atoms with Crippen LogP contribution >= 0.6 is 0 Å². The standard InChI is InChI=1S/C10H13F3N2O2/c1-2-7-5-9(17,10(11,12)13)15(14-7)8(16)6-3-4-6/h2,6,14,17H,3-5H2,1H3. The van der Waals surface area contributed by atoms with Gasteiger partial charge in [-0.15, -0.1) is 0 Å². The molecule has 2 N–H and O–H groups in total. The SMILES string of the molecule is CC=C1CC(O)(C(F)(F)F)N(C(=O)C2CC2)N1. The Bertz CT molecular complexity index is 376. The van der Waals surface area contributed by atoms with E-state index in [1.807, 2.05) is 0 Å².